The average Bonchev–Trinajstić information content (AvgIpc) is 3.69. The van der Waals surface area contributed by atoms with Gasteiger partial charge in [0.15, 0.2) is 0 Å². The van der Waals surface area contributed by atoms with E-state index in [2.05, 4.69) is 14.9 Å². The van der Waals surface area contributed by atoms with Gasteiger partial charge in [0, 0.05) is 22.3 Å². The molecule has 2 aromatic carbocycles. The smallest absolute Gasteiger partial charge is 0.478 e. The Hall–Kier alpha value is -3.64. The summed E-state index contributed by atoms with van der Waals surface area (Å²) in [5, 5.41) is 14.8. The van der Waals surface area contributed by atoms with Crippen LogP contribution in [0.5, 0.6) is 5.75 Å². The number of thioether (sulfide) groups is 1. The molecule has 224 valence electrons. The van der Waals surface area contributed by atoms with Gasteiger partial charge in [-0.3, -0.25) is 4.98 Å². The third-order valence-electron chi connectivity index (χ3n) is 8.60. The minimum Gasteiger partial charge on any atom is -0.478 e. The Morgan fingerprint density at radius 3 is 2.53 bits per heavy atom. The highest BCUT2D eigenvalue weighted by molar-refractivity contribution is 7.99. The molecule has 0 unspecified atom stereocenters. The molecular formula is C31H28F3N3O5S. The van der Waals surface area contributed by atoms with E-state index in [1.165, 1.54) is 18.2 Å². The molecule has 3 saturated carbocycles. The highest BCUT2D eigenvalue weighted by atomic mass is 32.2. The van der Waals surface area contributed by atoms with Crippen molar-refractivity contribution in [2.45, 2.75) is 73.8 Å². The van der Waals surface area contributed by atoms with Gasteiger partial charge < -0.3 is 19.1 Å². The summed E-state index contributed by atoms with van der Waals surface area (Å²) in [6, 6.07) is 11.0. The van der Waals surface area contributed by atoms with Crippen LogP contribution in [-0.2, 0) is 11.3 Å². The van der Waals surface area contributed by atoms with Crippen molar-refractivity contribution in [3.63, 3.8) is 0 Å². The fourth-order valence-electron chi connectivity index (χ4n) is 6.56. The van der Waals surface area contributed by atoms with Gasteiger partial charge in [0.2, 0.25) is 0 Å². The Morgan fingerprint density at radius 2 is 1.81 bits per heavy atom. The summed E-state index contributed by atoms with van der Waals surface area (Å²) in [6.07, 6.45) is 2.64. The van der Waals surface area contributed by atoms with Gasteiger partial charge in [0.1, 0.15) is 27.7 Å². The molecule has 43 heavy (non-hydrogen) atoms. The molecular weight excluding hydrogens is 583 g/mol. The largest absolute Gasteiger partial charge is 0.573 e. The Bertz CT molecular complexity index is 1660. The highest BCUT2D eigenvalue weighted by Crippen LogP contribution is 2.51. The number of carboxylic acids is 1. The molecule has 0 radical (unpaired) electrons. The normalized spacial score (nSPS) is 23.5. The first kappa shape index (κ1) is 28.1. The molecule has 8 nitrogen and oxygen atoms in total. The van der Waals surface area contributed by atoms with Gasteiger partial charge >= 0.3 is 12.3 Å². The number of carbonyl (C=O) groups is 1. The Balaban J connectivity index is 1.06. The molecule has 0 aliphatic heterocycles. The van der Waals surface area contributed by atoms with Crippen molar-refractivity contribution in [1.29, 1.82) is 0 Å². The van der Waals surface area contributed by atoms with Crippen molar-refractivity contribution in [3.8, 4) is 17.0 Å². The van der Waals surface area contributed by atoms with Crippen LogP contribution in [0.2, 0.25) is 0 Å². The number of fused-ring (bicyclic) bond motifs is 3. The molecule has 3 aliphatic carbocycles. The van der Waals surface area contributed by atoms with Crippen molar-refractivity contribution in [3.05, 3.63) is 65.5 Å². The number of carboxylic acid groups (broad SMARTS) is 1. The maximum atomic E-state index is 13.1. The number of rotatable bonds is 9. The van der Waals surface area contributed by atoms with Crippen LogP contribution < -0.4 is 4.74 Å². The number of hydrogen-bond donors (Lipinski definition) is 1. The molecule has 1 N–H and O–H groups in total. The SMILES string of the molecule is O=C(O)c1cccc2nc(S[C@H]3[C@@H]4CC[C@H]3C[C@H](OCc3c(-c5ccccc5OC(F)(F)F)noc3C3CC3)C4)cnc12. The van der Waals surface area contributed by atoms with E-state index < -0.39 is 12.3 Å². The summed E-state index contributed by atoms with van der Waals surface area (Å²) < 4.78 is 55.8. The number of hydrogen-bond acceptors (Lipinski definition) is 8. The van der Waals surface area contributed by atoms with Gasteiger partial charge in [-0.2, -0.15) is 0 Å². The molecule has 3 fully saturated rings. The number of aromatic nitrogens is 3. The van der Waals surface area contributed by atoms with Crippen molar-refractivity contribution < 1.29 is 37.1 Å². The van der Waals surface area contributed by atoms with Crippen LogP contribution in [0.1, 0.15) is 66.1 Å². The highest BCUT2D eigenvalue weighted by Gasteiger charge is 2.44. The molecule has 0 amide bonds. The summed E-state index contributed by atoms with van der Waals surface area (Å²) in [6.45, 7) is 0.203. The second-order valence-corrected chi connectivity index (χ2v) is 12.7. The topological polar surface area (TPSA) is 108 Å². The lowest BCUT2D eigenvalue weighted by atomic mass is 9.86. The third-order valence-corrected chi connectivity index (χ3v) is 10.1. The number of halogens is 3. The molecule has 12 heteroatoms. The van der Waals surface area contributed by atoms with Crippen molar-refractivity contribution in [2.24, 2.45) is 11.8 Å². The second kappa shape index (κ2) is 11.1. The lowest BCUT2D eigenvalue weighted by Gasteiger charge is -2.34. The summed E-state index contributed by atoms with van der Waals surface area (Å²) in [5.74, 6) is 0.375. The van der Waals surface area contributed by atoms with E-state index in [1.54, 1.807) is 42.2 Å². The lowest BCUT2D eigenvalue weighted by molar-refractivity contribution is -0.274. The van der Waals surface area contributed by atoms with E-state index in [0.29, 0.717) is 45.1 Å². The predicted octanol–water partition coefficient (Wildman–Crippen LogP) is 7.63. The first-order valence-corrected chi connectivity index (χ1v) is 15.2. The van der Waals surface area contributed by atoms with E-state index in [1.807, 2.05) is 0 Å². The molecule has 2 bridgehead atoms. The van der Waals surface area contributed by atoms with E-state index in [0.717, 1.165) is 43.6 Å². The molecule has 7 rings (SSSR count). The summed E-state index contributed by atoms with van der Waals surface area (Å²) in [5.41, 5.74) is 2.32. The van der Waals surface area contributed by atoms with E-state index >= 15 is 0 Å². The summed E-state index contributed by atoms with van der Waals surface area (Å²) in [4.78, 5) is 20.7. The van der Waals surface area contributed by atoms with Crippen LogP contribution in [0.4, 0.5) is 13.2 Å². The molecule has 4 atom stereocenters. The van der Waals surface area contributed by atoms with E-state index in [9.17, 15) is 23.1 Å². The van der Waals surface area contributed by atoms with Gasteiger partial charge in [0.25, 0.3) is 0 Å². The lowest BCUT2D eigenvalue weighted by Crippen LogP contribution is -2.32. The maximum Gasteiger partial charge on any atom is 0.573 e. The molecule has 4 aromatic rings. The van der Waals surface area contributed by atoms with E-state index in [4.69, 9.17) is 14.2 Å². The van der Waals surface area contributed by atoms with Crippen LogP contribution in [0.25, 0.3) is 22.3 Å². The first-order valence-electron chi connectivity index (χ1n) is 14.3. The van der Waals surface area contributed by atoms with Crippen molar-refractivity contribution in [2.75, 3.05) is 0 Å². The molecule has 3 aliphatic rings. The molecule has 0 saturated heterocycles. The number of para-hydroxylation sites is 2. The number of aromatic carboxylic acids is 1. The number of ether oxygens (including phenoxy) is 2. The monoisotopic (exact) mass is 611 g/mol. The number of nitrogens with zero attached hydrogens (tertiary/aromatic N) is 3. The summed E-state index contributed by atoms with van der Waals surface area (Å²) in [7, 11) is 0. The second-order valence-electron chi connectivity index (χ2n) is 11.5. The molecule has 2 aromatic heterocycles. The average molecular weight is 612 g/mol. The van der Waals surface area contributed by atoms with Gasteiger partial charge in [-0.25, -0.2) is 9.78 Å². The zero-order valence-electron chi connectivity index (χ0n) is 22.9. The number of benzene rings is 2. The van der Waals surface area contributed by atoms with Crippen molar-refractivity contribution in [1.82, 2.24) is 15.1 Å². The van der Waals surface area contributed by atoms with Gasteiger partial charge in [-0.15, -0.1) is 24.9 Å². The number of alkyl halides is 3. The quantitative estimate of drug-likeness (QED) is 0.204. The predicted molar refractivity (Wildman–Crippen MR) is 151 cm³/mol. The Labute approximate surface area is 249 Å². The zero-order valence-corrected chi connectivity index (χ0v) is 23.7. The van der Waals surface area contributed by atoms with Crippen LogP contribution in [0, 0.1) is 11.8 Å². The maximum absolute atomic E-state index is 13.1. The van der Waals surface area contributed by atoms with Crippen molar-refractivity contribution >= 4 is 28.8 Å². The van der Waals surface area contributed by atoms with Crippen LogP contribution in [-0.4, -0.2) is 43.9 Å². The third kappa shape index (κ3) is 5.82. The fraction of sp³-hybridized carbons (Fsp3) is 0.419. The zero-order chi connectivity index (χ0) is 29.7. The first-order chi connectivity index (χ1) is 20.7. The van der Waals surface area contributed by atoms with E-state index in [-0.39, 0.29) is 35.5 Å². The van der Waals surface area contributed by atoms with Gasteiger partial charge in [-0.05, 0) is 74.6 Å². The fourth-order valence-corrected chi connectivity index (χ4v) is 7.98. The minimum absolute atomic E-state index is 0.00614. The van der Waals surface area contributed by atoms with Crippen LogP contribution in [0.3, 0.4) is 0 Å². The van der Waals surface area contributed by atoms with Crippen LogP contribution in [0.15, 0.2) is 58.2 Å². The molecule has 0 spiro atoms. The van der Waals surface area contributed by atoms with Gasteiger partial charge in [-0.1, -0.05) is 23.4 Å². The Kier molecular flexibility index (Phi) is 7.29. The summed E-state index contributed by atoms with van der Waals surface area (Å²) >= 11 is 1.70. The van der Waals surface area contributed by atoms with Gasteiger partial charge in [0.05, 0.1) is 30.0 Å². The standard InChI is InChI=1S/C31H28F3N3O5S/c32-31(33,34)41-24-7-2-1-4-20(24)26-22(28(42-37-26)16-8-9-16)15-40-19-12-17-10-11-18(13-19)29(17)43-25-14-35-27-21(30(38)39)5-3-6-23(27)36-25/h1-7,14,16-19,29H,8-13,15H2,(H,38,39)/t17-,18+,19-,29+. The van der Waals surface area contributed by atoms with Crippen LogP contribution >= 0.6 is 11.8 Å². The molecule has 2 heterocycles. The minimum atomic E-state index is -4.83. The Morgan fingerprint density at radius 1 is 1.05 bits per heavy atom.